The van der Waals surface area contributed by atoms with E-state index in [4.69, 9.17) is 11.6 Å². The van der Waals surface area contributed by atoms with E-state index in [1.165, 1.54) is 25.3 Å². The maximum Gasteiger partial charge on any atom is 0.137 e. The van der Waals surface area contributed by atoms with E-state index in [9.17, 15) is 9.90 Å². The minimum Gasteiger partial charge on any atom is -0.508 e. The molecule has 1 aliphatic carbocycles. The third-order valence-corrected chi connectivity index (χ3v) is 3.52. The van der Waals surface area contributed by atoms with Gasteiger partial charge < -0.3 is 5.11 Å². The van der Waals surface area contributed by atoms with Gasteiger partial charge in [0.1, 0.15) is 11.5 Å². The highest BCUT2D eigenvalue weighted by Gasteiger charge is 2.20. The summed E-state index contributed by atoms with van der Waals surface area (Å²) in [5.41, 5.74) is 0.809. The van der Waals surface area contributed by atoms with Gasteiger partial charge >= 0.3 is 0 Å². The van der Waals surface area contributed by atoms with Crippen LogP contribution in [0.5, 0.6) is 5.75 Å². The molecule has 0 unspecified atom stereocenters. The minimum atomic E-state index is 0.139. The van der Waals surface area contributed by atoms with Gasteiger partial charge in [0.15, 0.2) is 0 Å². The van der Waals surface area contributed by atoms with Crippen LogP contribution < -0.4 is 0 Å². The van der Waals surface area contributed by atoms with Gasteiger partial charge in [-0.15, -0.1) is 0 Å². The lowest BCUT2D eigenvalue weighted by atomic mass is 9.81. The lowest BCUT2D eigenvalue weighted by molar-refractivity contribution is -0.119. The first kappa shape index (κ1) is 11.5. The van der Waals surface area contributed by atoms with E-state index in [2.05, 4.69) is 0 Å². The van der Waals surface area contributed by atoms with Crippen molar-refractivity contribution in [2.45, 2.75) is 32.1 Å². The average molecular weight is 239 g/mol. The van der Waals surface area contributed by atoms with Crippen molar-refractivity contribution >= 4 is 17.4 Å². The number of rotatable bonds is 4. The maximum atomic E-state index is 11.7. The van der Waals surface area contributed by atoms with Crippen molar-refractivity contribution in [3.05, 3.63) is 28.8 Å². The molecular weight excluding hydrogens is 224 g/mol. The molecule has 3 heteroatoms. The number of hydrogen-bond donors (Lipinski definition) is 1. The smallest absolute Gasteiger partial charge is 0.137 e. The molecule has 1 saturated carbocycles. The Hall–Kier alpha value is -1.02. The SMILES string of the molecule is O=C(Cc1ccc(O)cc1Cl)CC1CCC1. The molecular formula is C13H15ClO2. The zero-order valence-electron chi connectivity index (χ0n) is 9.08. The molecule has 1 aromatic carbocycles. The fourth-order valence-corrected chi connectivity index (χ4v) is 2.22. The topological polar surface area (TPSA) is 37.3 Å². The van der Waals surface area contributed by atoms with Gasteiger partial charge in [-0.05, 0) is 23.6 Å². The van der Waals surface area contributed by atoms with E-state index in [0.717, 1.165) is 5.56 Å². The molecule has 2 rings (SSSR count). The van der Waals surface area contributed by atoms with Gasteiger partial charge in [0.25, 0.3) is 0 Å². The lowest BCUT2D eigenvalue weighted by Gasteiger charge is -2.24. The molecule has 1 fully saturated rings. The Morgan fingerprint density at radius 1 is 1.44 bits per heavy atom. The molecule has 0 saturated heterocycles. The summed E-state index contributed by atoms with van der Waals surface area (Å²) in [6.07, 6.45) is 4.70. The van der Waals surface area contributed by atoms with Crippen LogP contribution in [0.2, 0.25) is 5.02 Å². The molecule has 2 nitrogen and oxygen atoms in total. The second-order valence-electron chi connectivity index (χ2n) is 4.49. The van der Waals surface area contributed by atoms with Crippen LogP contribution in [0.15, 0.2) is 18.2 Å². The van der Waals surface area contributed by atoms with Crippen LogP contribution in [-0.4, -0.2) is 10.9 Å². The van der Waals surface area contributed by atoms with Crippen molar-refractivity contribution in [3.63, 3.8) is 0 Å². The number of aromatic hydroxyl groups is 1. The molecule has 1 N–H and O–H groups in total. The number of halogens is 1. The highest BCUT2D eigenvalue weighted by molar-refractivity contribution is 6.31. The van der Waals surface area contributed by atoms with Gasteiger partial charge in [0.2, 0.25) is 0 Å². The number of carbonyl (C=O) groups excluding carboxylic acids is 1. The van der Waals surface area contributed by atoms with Crippen LogP contribution in [0.1, 0.15) is 31.2 Å². The average Bonchev–Trinajstić information content (AvgIpc) is 2.16. The standard InChI is InChI=1S/C13H15ClO2/c14-13-8-11(15)5-4-10(13)7-12(16)6-9-2-1-3-9/h4-5,8-9,15H,1-3,6-7H2. The molecule has 1 aliphatic rings. The molecule has 0 amide bonds. The van der Waals surface area contributed by atoms with E-state index in [-0.39, 0.29) is 11.5 Å². The predicted molar refractivity (Wildman–Crippen MR) is 63.8 cm³/mol. The van der Waals surface area contributed by atoms with Crippen LogP contribution in [0.3, 0.4) is 0 Å². The minimum absolute atomic E-state index is 0.139. The van der Waals surface area contributed by atoms with Gasteiger partial charge in [-0.2, -0.15) is 0 Å². The summed E-state index contributed by atoms with van der Waals surface area (Å²) in [4.78, 5) is 11.7. The molecule has 86 valence electrons. The van der Waals surface area contributed by atoms with Crippen LogP contribution in [0.4, 0.5) is 0 Å². The Bertz CT molecular complexity index is 397. The maximum absolute atomic E-state index is 11.7. The summed E-state index contributed by atoms with van der Waals surface area (Å²) in [7, 11) is 0. The van der Waals surface area contributed by atoms with Gasteiger partial charge in [0, 0.05) is 17.9 Å². The number of phenolic OH excluding ortho intramolecular Hbond substituents is 1. The van der Waals surface area contributed by atoms with Crippen LogP contribution >= 0.6 is 11.6 Å². The molecule has 1 aromatic rings. The molecule has 0 spiro atoms. The van der Waals surface area contributed by atoms with E-state index in [1.54, 1.807) is 12.1 Å². The van der Waals surface area contributed by atoms with Gasteiger partial charge in [0.05, 0.1) is 0 Å². The number of carbonyl (C=O) groups is 1. The summed E-state index contributed by atoms with van der Waals surface area (Å²) in [5.74, 6) is 0.987. The monoisotopic (exact) mass is 238 g/mol. The Morgan fingerprint density at radius 2 is 2.19 bits per heavy atom. The first-order chi connectivity index (χ1) is 7.65. The first-order valence-corrected chi connectivity index (χ1v) is 6.02. The zero-order chi connectivity index (χ0) is 11.5. The van der Waals surface area contributed by atoms with E-state index in [0.29, 0.717) is 23.8 Å². The second kappa shape index (κ2) is 4.88. The summed E-state index contributed by atoms with van der Waals surface area (Å²) in [6.45, 7) is 0. The Balaban J connectivity index is 1.94. The largest absolute Gasteiger partial charge is 0.508 e. The van der Waals surface area contributed by atoms with Crippen molar-refractivity contribution in [3.8, 4) is 5.75 Å². The molecule has 0 bridgehead atoms. The third-order valence-electron chi connectivity index (χ3n) is 3.17. The van der Waals surface area contributed by atoms with Crippen molar-refractivity contribution in [2.24, 2.45) is 5.92 Å². The number of phenols is 1. The fraction of sp³-hybridized carbons (Fsp3) is 0.462. The normalized spacial score (nSPS) is 15.8. The number of benzene rings is 1. The van der Waals surface area contributed by atoms with Gasteiger partial charge in [-0.3, -0.25) is 4.79 Å². The first-order valence-electron chi connectivity index (χ1n) is 5.64. The summed E-state index contributed by atoms with van der Waals surface area (Å²) in [6, 6.07) is 4.77. The summed E-state index contributed by atoms with van der Waals surface area (Å²) >= 11 is 5.95. The summed E-state index contributed by atoms with van der Waals surface area (Å²) < 4.78 is 0. The molecule has 0 atom stereocenters. The van der Waals surface area contributed by atoms with E-state index < -0.39 is 0 Å². The van der Waals surface area contributed by atoms with E-state index in [1.807, 2.05) is 0 Å². The Morgan fingerprint density at radius 3 is 2.75 bits per heavy atom. The molecule has 0 aliphatic heterocycles. The number of ketones is 1. The quantitative estimate of drug-likeness (QED) is 0.874. The molecule has 16 heavy (non-hydrogen) atoms. The number of hydrogen-bond acceptors (Lipinski definition) is 2. The second-order valence-corrected chi connectivity index (χ2v) is 4.90. The van der Waals surface area contributed by atoms with Crippen molar-refractivity contribution < 1.29 is 9.90 Å². The highest BCUT2D eigenvalue weighted by Crippen LogP contribution is 2.30. The highest BCUT2D eigenvalue weighted by atomic mass is 35.5. The lowest BCUT2D eigenvalue weighted by Crippen LogP contribution is -2.17. The van der Waals surface area contributed by atoms with Gasteiger partial charge in [-0.25, -0.2) is 0 Å². The van der Waals surface area contributed by atoms with Crippen molar-refractivity contribution in [2.75, 3.05) is 0 Å². The molecule has 0 aromatic heterocycles. The van der Waals surface area contributed by atoms with E-state index >= 15 is 0 Å². The van der Waals surface area contributed by atoms with Crippen LogP contribution in [0.25, 0.3) is 0 Å². The van der Waals surface area contributed by atoms with Crippen LogP contribution in [0, 0.1) is 5.92 Å². The third kappa shape index (κ3) is 2.76. The van der Waals surface area contributed by atoms with Crippen LogP contribution in [-0.2, 0) is 11.2 Å². The van der Waals surface area contributed by atoms with Crippen molar-refractivity contribution in [1.29, 1.82) is 0 Å². The fourth-order valence-electron chi connectivity index (χ4n) is 1.98. The number of Topliss-reactive ketones (excluding diaryl/α,β-unsaturated/α-hetero) is 1. The zero-order valence-corrected chi connectivity index (χ0v) is 9.83. The predicted octanol–water partition coefficient (Wildman–Crippen LogP) is 3.35. The molecule has 0 heterocycles. The van der Waals surface area contributed by atoms with Gasteiger partial charge in [-0.1, -0.05) is 36.9 Å². The molecule has 0 radical (unpaired) electrons. The van der Waals surface area contributed by atoms with Crippen molar-refractivity contribution in [1.82, 2.24) is 0 Å². The Kier molecular flexibility index (Phi) is 3.49. The Labute approximate surface area is 100 Å². The summed E-state index contributed by atoms with van der Waals surface area (Å²) in [5, 5.41) is 9.67.